The summed E-state index contributed by atoms with van der Waals surface area (Å²) in [5.74, 6) is 0. The maximum atomic E-state index is 11.3. The van der Waals surface area contributed by atoms with E-state index in [4.69, 9.17) is 0 Å². The van der Waals surface area contributed by atoms with E-state index in [0.29, 0.717) is 0 Å². The van der Waals surface area contributed by atoms with Gasteiger partial charge < -0.3 is 10.2 Å². The minimum Gasteiger partial charge on any atom is -0.388 e. The van der Waals surface area contributed by atoms with Crippen LogP contribution < -0.4 is 0 Å². The van der Waals surface area contributed by atoms with Crippen molar-refractivity contribution in [1.82, 2.24) is 0 Å². The zero-order chi connectivity index (χ0) is 18.1. The summed E-state index contributed by atoms with van der Waals surface area (Å²) in [6, 6.07) is 10.8. The number of hydrogen-bond donors (Lipinski definition) is 2. The molecule has 2 aromatic rings. The van der Waals surface area contributed by atoms with Gasteiger partial charge in [0.1, 0.15) is 0 Å². The van der Waals surface area contributed by atoms with Crippen LogP contribution in [-0.4, -0.2) is 22.4 Å². The maximum Gasteiger partial charge on any atom is 0.0875 e. The van der Waals surface area contributed by atoms with Gasteiger partial charge in [-0.3, -0.25) is 0 Å². The molecule has 25 heavy (non-hydrogen) atoms. The molecule has 2 aromatic carbocycles. The van der Waals surface area contributed by atoms with Crippen LogP contribution in [0, 0.1) is 12.3 Å². The molecular formula is C23H26O2. The molecule has 2 aliphatic rings. The number of aliphatic hydroxyl groups is 2. The Morgan fingerprint density at radius 3 is 2.32 bits per heavy atom. The molecule has 4 rings (SSSR count). The number of rotatable bonds is 0. The lowest BCUT2D eigenvalue weighted by molar-refractivity contribution is 0.0551. The Morgan fingerprint density at radius 1 is 0.920 bits per heavy atom. The zero-order valence-electron chi connectivity index (χ0n) is 15.6. The monoisotopic (exact) mass is 334 g/mol. The molecule has 0 aliphatic heterocycles. The first kappa shape index (κ1) is 16.6. The molecule has 2 nitrogen and oxygen atoms in total. The third kappa shape index (κ3) is 2.17. The number of hydrogen-bond acceptors (Lipinski definition) is 2. The Labute approximate surface area is 149 Å². The summed E-state index contributed by atoms with van der Waals surface area (Å²) in [4.78, 5) is 0. The van der Waals surface area contributed by atoms with E-state index < -0.39 is 17.6 Å². The van der Waals surface area contributed by atoms with E-state index in [1.165, 1.54) is 21.9 Å². The van der Waals surface area contributed by atoms with Gasteiger partial charge in [-0.1, -0.05) is 75.7 Å². The van der Waals surface area contributed by atoms with Gasteiger partial charge in [0, 0.05) is 10.8 Å². The van der Waals surface area contributed by atoms with Crippen molar-refractivity contribution in [2.75, 3.05) is 0 Å². The van der Waals surface area contributed by atoms with Gasteiger partial charge in [0.25, 0.3) is 0 Å². The van der Waals surface area contributed by atoms with Gasteiger partial charge in [0.15, 0.2) is 0 Å². The Morgan fingerprint density at radius 2 is 1.60 bits per heavy atom. The second-order valence-electron chi connectivity index (χ2n) is 8.76. The fourth-order valence-electron chi connectivity index (χ4n) is 4.45. The van der Waals surface area contributed by atoms with E-state index in [1.54, 1.807) is 0 Å². The topological polar surface area (TPSA) is 40.5 Å². The Bertz CT molecular complexity index is 944. The summed E-state index contributed by atoms with van der Waals surface area (Å²) in [6.07, 6.45) is 2.76. The molecule has 0 saturated heterocycles. The highest BCUT2D eigenvalue weighted by molar-refractivity contribution is 5.96. The number of benzene rings is 2. The molecule has 0 unspecified atom stereocenters. The zero-order valence-corrected chi connectivity index (χ0v) is 15.6. The average molecular weight is 334 g/mol. The third-order valence-electron chi connectivity index (χ3n) is 6.08. The van der Waals surface area contributed by atoms with Crippen molar-refractivity contribution in [2.24, 2.45) is 5.41 Å². The fourth-order valence-corrected chi connectivity index (χ4v) is 4.45. The molecule has 2 atom stereocenters. The molecule has 0 radical (unpaired) electrons. The summed E-state index contributed by atoms with van der Waals surface area (Å²) in [7, 11) is 0. The van der Waals surface area contributed by atoms with Gasteiger partial charge >= 0.3 is 0 Å². The molecule has 2 N–H and O–H groups in total. The van der Waals surface area contributed by atoms with E-state index in [2.05, 4.69) is 63.3 Å². The first-order valence-electron chi connectivity index (χ1n) is 8.98. The molecule has 0 spiro atoms. The third-order valence-corrected chi connectivity index (χ3v) is 6.08. The van der Waals surface area contributed by atoms with Gasteiger partial charge in [0.05, 0.1) is 12.2 Å². The van der Waals surface area contributed by atoms with Crippen LogP contribution in [0.4, 0.5) is 0 Å². The molecule has 130 valence electrons. The summed E-state index contributed by atoms with van der Waals surface area (Å²) in [5.41, 5.74) is 4.43. The Kier molecular flexibility index (Phi) is 3.35. The summed E-state index contributed by atoms with van der Waals surface area (Å²) in [6.45, 7) is 10.3. The van der Waals surface area contributed by atoms with Crippen molar-refractivity contribution in [3.8, 4) is 0 Å². The first-order valence-corrected chi connectivity index (χ1v) is 8.98. The SMILES string of the molecule is Cc1ccc2ccc3c(c2c1)C(C)(C)[C@@H](O)C1=C3C=CC(C)(C)[C@@H]1O. The fraction of sp³-hybridized carbons (Fsp3) is 0.391. The number of allylic oxidation sites excluding steroid dienone is 2. The molecule has 2 aliphatic carbocycles. The highest BCUT2D eigenvalue weighted by atomic mass is 16.3. The molecule has 0 bridgehead atoms. The standard InChI is InChI=1S/C23H26O2/c1-13-6-7-14-8-9-16-15-10-11-22(2,3)20(24)18(15)21(25)23(4,5)19(16)17(14)12-13/h6-12,20-21,24-25H,1-5H3/t20-,21+/m1/s1. The largest absolute Gasteiger partial charge is 0.388 e. The van der Waals surface area contributed by atoms with Crippen molar-refractivity contribution >= 4 is 16.3 Å². The summed E-state index contributed by atoms with van der Waals surface area (Å²) >= 11 is 0. The van der Waals surface area contributed by atoms with Gasteiger partial charge in [-0.2, -0.15) is 0 Å². The van der Waals surface area contributed by atoms with Crippen molar-refractivity contribution in [3.63, 3.8) is 0 Å². The van der Waals surface area contributed by atoms with Crippen molar-refractivity contribution in [3.05, 3.63) is 64.7 Å². The lowest BCUT2D eigenvalue weighted by Gasteiger charge is -2.46. The van der Waals surface area contributed by atoms with Crippen molar-refractivity contribution in [2.45, 2.75) is 52.2 Å². The predicted octanol–water partition coefficient (Wildman–Crippen LogP) is 4.51. The van der Waals surface area contributed by atoms with E-state index >= 15 is 0 Å². The minimum atomic E-state index is -0.708. The molecule has 0 aromatic heterocycles. The van der Waals surface area contributed by atoms with E-state index in [9.17, 15) is 10.2 Å². The van der Waals surface area contributed by atoms with Crippen LogP contribution in [0.15, 0.2) is 48.1 Å². The van der Waals surface area contributed by atoms with Crippen molar-refractivity contribution in [1.29, 1.82) is 0 Å². The summed E-state index contributed by atoms with van der Waals surface area (Å²) < 4.78 is 0. The Hall–Kier alpha value is -1.90. The summed E-state index contributed by atoms with van der Waals surface area (Å²) in [5, 5.41) is 24.6. The van der Waals surface area contributed by atoms with Gasteiger partial charge in [-0.25, -0.2) is 0 Å². The number of fused-ring (bicyclic) bond motifs is 4. The Balaban J connectivity index is 2.10. The van der Waals surface area contributed by atoms with Gasteiger partial charge in [0.2, 0.25) is 0 Å². The highest BCUT2D eigenvalue weighted by Gasteiger charge is 2.47. The van der Waals surface area contributed by atoms with E-state index in [1.807, 2.05) is 13.8 Å². The van der Waals surface area contributed by atoms with E-state index in [-0.39, 0.29) is 5.41 Å². The molecule has 0 heterocycles. The molecule has 0 amide bonds. The molecule has 0 fully saturated rings. The smallest absolute Gasteiger partial charge is 0.0875 e. The maximum absolute atomic E-state index is 11.3. The quantitative estimate of drug-likeness (QED) is 0.744. The van der Waals surface area contributed by atoms with Gasteiger partial charge in [-0.15, -0.1) is 0 Å². The predicted molar refractivity (Wildman–Crippen MR) is 104 cm³/mol. The van der Waals surface area contributed by atoms with Crippen LogP contribution >= 0.6 is 0 Å². The van der Waals surface area contributed by atoms with Crippen molar-refractivity contribution < 1.29 is 10.2 Å². The number of aliphatic hydroxyl groups excluding tert-OH is 2. The average Bonchev–Trinajstić information content (AvgIpc) is 2.54. The normalized spacial score (nSPS) is 26.5. The highest BCUT2D eigenvalue weighted by Crippen LogP contribution is 2.51. The van der Waals surface area contributed by atoms with Gasteiger partial charge in [-0.05, 0) is 40.0 Å². The van der Waals surface area contributed by atoms with Crippen LogP contribution in [-0.2, 0) is 5.41 Å². The lowest BCUT2D eigenvalue weighted by atomic mass is 9.61. The lowest BCUT2D eigenvalue weighted by Crippen LogP contribution is -2.47. The van der Waals surface area contributed by atoms with E-state index in [0.717, 1.165) is 16.7 Å². The van der Waals surface area contributed by atoms with Crippen LogP contribution in [0.5, 0.6) is 0 Å². The number of aryl methyl sites for hydroxylation is 1. The molecule has 2 heteroatoms. The van der Waals surface area contributed by atoms with Crippen LogP contribution in [0.25, 0.3) is 16.3 Å². The second kappa shape index (κ2) is 5.06. The van der Waals surface area contributed by atoms with Crippen LogP contribution in [0.2, 0.25) is 0 Å². The molecular weight excluding hydrogens is 308 g/mol. The van der Waals surface area contributed by atoms with Crippen LogP contribution in [0.1, 0.15) is 44.4 Å². The van der Waals surface area contributed by atoms with Crippen LogP contribution in [0.3, 0.4) is 0 Å². The first-order chi connectivity index (χ1) is 11.6. The minimum absolute atomic E-state index is 0.374. The molecule has 0 saturated carbocycles. The second-order valence-corrected chi connectivity index (χ2v) is 8.76.